The lowest BCUT2D eigenvalue weighted by atomic mass is 10.1. The van der Waals surface area contributed by atoms with Gasteiger partial charge in [-0.3, -0.25) is 9.59 Å². The van der Waals surface area contributed by atoms with E-state index in [1.165, 1.54) is 89.9 Å². The number of rotatable bonds is 20. The van der Waals surface area contributed by atoms with Crippen LogP contribution in [0.1, 0.15) is 142 Å². The summed E-state index contributed by atoms with van der Waals surface area (Å²) in [6.07, 6.45) is 23.8. The molecule has 3 heterocycles. The van der Waals surface area contributed by atoms with Crippen LogP contribution in [-0.4, -0.2) is 45.4 Å². The first-order chi connectivity index (χ1) is 15.7. The maximum absolute atomic E-state index is 12.6. The van der Waals surface area contributed by atoms with E-state index in [0.29, 0.717) is 12.8 Å². The van der Waals surface area contributed by atoms with E-state index in [0.717, 1.165) is 38.8 Å². The molecule has 0 aromatic carbocycles. The van der Waals surface area contributed by atoms with Gasteiger partial charge in [-0.15, -0.1) is 0 Å². The molecule has 6 heteroatoms. The number of unbranched alkanes of at least 4 members (excludes halogenated alkanes) is 16. The summed E-state index contributed by atoms with van der Waals surface area (Å²) in [6, 6.07) is 0. The third kappa shape index (κ3) is 9.01. The normalized spacial score (nSPS) is 19.4. The van der Waals surface area contributed by atoms with Gasteiger partial charge in [0.05, 0.1) is 13.1 Å². The Kier molecular flexibility index (Phi) is 14.0. The fourth-order valence-corrected chi connectivity index (χ4v) is 4.81. The third-order valence-corrected chi connectivity index (χ3v) is 6.81. The molecule has 3 rings (SSSR count). The van der Waals surface area contributed by atoms with Gasteiger partial charge in [-0.25, -0.2) is 0 Å². The first-order valence-corrected chi connectivity index (χ1v) is 13.9. The minimum atomic E-state index is 0.137. The van der Waals surface area contributed by atoms with Crippen LogP contribution < -0.4 is 0 Å². The first kappa shape index (κ1) is 27.1. The zero-order valence-corrected chi connectivity index (χ0v) is 21.2. The van der Waals surface area contributed by atoms with Crippen molar-refractivity contribution >= 4 is 11.8 Å². The van der Waals surface area contributed by atoms with Gasteiger partial charge in [-0.05, 0) is 12.8 Å². The van der Waals surface area contributed by atoms with Crippen molar-refractivity contribution in [3.05, 3.63) is 0 Å². The summed E-state index contributed by atoms with van der Waals surface area (Å²) < 4.78 is 0. The summed E-state index contributed by atoms with van der Waals surface area (Å²) in [5.74, 6) is 0.273. The smallest absolute Gasteiger partial charge is 0.254 e. The average Bonchev–Trinajstić information content (AvgIpc) is 3.41. The summed E-state index contributed by atoms with van der Waals surface area (Å²) in [5, 5.41) is 7.07. The lowest BCUT2D eigenvalue weighted by Crippen LogP contribution is -2.73. The van der Waals surface area contributed by atoms with Crippen LogP contribution in [0.15, 0.2) is 0 Å². The van der Waals surface area contributed by atoms with Crippen LogP contribution in [-0.2, 0) is 9.59 Å². The Labute approximate surface area is 197 Å². The minimum Gasteiger partial charge on any atom is -0.272 e. The molecule has 0 N–H and O–H groups in total. The van der Waals surface area contributed by atoms with E-state index in [-0.39, 0.29) is 11.8 Å². The Morgan fingerprint density at radius 2 is 0.750 bits per heavy atom. The van der Waals surface area contributed by atoms with E-state index in [2.05, 4.69) is 13.8 Å². The molecular weight excluding hydrogens is 400 g/mol. The van der Waals surface area contributed by atoms with E-state index in [9.17, 15) is 9.59 Å². The molecule has 2 amide bonds. The van der Waals surface area contributed by atoms with Gasteiger partial charge < -0.3 is 0 Å². The van der Waals surface area contributed by atoms with E-state index < -0.39 is 0 Å². The number of fused-ring (bicyclic) bond motifs is 1. The van der Waals surface area contributed by atoms with Crippen LogP contribution in [0.3, 0.4) is 0 Å². The van der Waals surface area contributed by atoms with Gasteiger partial charge in [0.2, 0.25) is 0 Å². The third-order valence-electron chi connectivity index (χ3n) is 6.81. The topological polar surface area (TPSA) is 47.1 Å². The van der Waals surface area contributed by atoms with Crippen molar-refractivity contribution < 1.29 is 9.59 Å². The lowest BCUT2D eigenvalue weighted by Gasteiger charge is -2.51. The first-order valence-electron chi connectivity index (χ1n) is 13.9. The van der Waals surface area contributed by atoms with Gasteiger partial charge in [0.15, 0.2) is 0 Å². The maximum Gasteiger partial charge on any atom is 0.254 e. The lowest BCUT2D eigenvalue weighted by molar-refractivity contribution is -0.411. The second-order valence-electron chi connectivity index (χ2n) is 9.72. The van der Waals surface area contributed by atoms with Crippen LogP contribution in [0, 0.1) is 0 Å². The average molecular weight is 451 g/mol. The Balaban J connectivity index is 1.48. The number of carbonyl (C=O) groups excluding carboxylic acids is 2. The molecule has 3 aliphatic heterocycles. The maximum atomic E-state index is 12.6. The van der Waals surface area contributed by atoms with Gasteiger partial charge in [-0.2, -0.15) is 10.2 Å². The van der Waals surface area contributed by atoms with E-state index in [1.54, 1.807) is 10.2 Å². The van der Waals surface area contributed by atoms with Crippen molar-refractivity contribution in [2.45, 2.75) is 142 Å². The zero-order valence-electron chi connectivity index (χ0n) is 21.2. The number of hydrazine groups is 4. The predicted molar refractivity (Wildman–Crippen MR) is 131 cm³/mol. The van der Waals surface area contributed by atoms with Crippen LogP contribution in [0.25, 0.3) is 0 Å². The molecule has 0 aromatic rings. The van der Waals surface area contributed by atoms with Gasteiger partial charge >= 0.3 is 0 Å². The highest BCUT2D eigenvalue weighted by Crippen LogP contribution is 2.32. The molecule has 0 aromatic heterocycles. The highest BCUT2D eigenvalue weighted by atomic mass is 16.4. The predicted octanol–water partition coefficient (Wildman–Crippen LogP) is 6.78. The number of hydrogen-bond donors (Lipinski definition) is 0. The summed E-state index contributed by atoms with van der Waals surface area (Å²) in [5.41, 5.74) is 0. The zero-order chi connectivity index (χ0) is 23.0. The van der Waals surface area contributed by atoms with Crippen LogP contribution in [0.4, 0.5) is 0 Å². The molecule has 0 aliphatic carbocycles. The molecule has 32 heavy (non-hydrogen) atoms. The van der Waals surface area contributed by atoms with Crippen molar-refractivity contribution in [2.75, 3.05) is 13.1 Å². The summed E-state index contributed by atoms with van der Waals surface area (Å²) >= 11 is 0. The van der Waals surface area contributed by atoms with Crippen molar-refractivity contribution in [3.63, 3.8) is 0 Å². The fourth-order valence-electron chi connectivity index (χ4n) is 4.81. The molecule has 0 saturated carbocycles. The standard InChI is InChI=1S/C26H50N4O2/c1-3-5-7-9-11-13-15-17-19-21-25(31)29-27-23-24-28(29)30(27)26(32)22-20-18-16-14-12-10-8-6-4-2/h3-24H2,1-2H3. The molecule has 2 bridgehead atoms. The van der Waals surface area contributed by atoms with Crippen molar-refractivity contribution in [3.8, 4) is 0 Å². The molecular formula is C26H50N4O2. The Morgan fingerprint density at radius 3 is 1.06 bits per heavy atom. The molecule has 6 nitrogen and oxygen atoms in total. The monoisotopic (exact) mass is 450 g/mol. The molecule has 0 unspecified atom stereocenters. The molecule has 3 saturated heterocycles. The van der Waals surface area contributed by atoms with E-state index >= 15 is 0 Å². The Bertz CT molecular complexity index is 474. The summed E-state index contributed by atoms with van der Waals surface area (Å²) in [7, 11) is 0. The molecule has 0 atom stereocenters. The second kappa shape index (κ2) is 16.5. The van der Waals surface area contributed by atoms with Crippen LogP contribution >= 0.6 is 0 Å². The molecule has 186 valence electrons. The molecule has 0 spiro atoms. The van der Waals surface area contributed by atoms with Gasteiger partial charge in [-0.1, -0.05) is 127 Å². The Morgan fingerprint density at radius 1 is 0.469 bits per heavy atom. The number of amides is 2. The molecule has 3 aliphatic rings. The van der Waals surface area contributed by atoms with Crippen molar-refractivity contribution in [1.82, 2.24) is 20.5 Å². The van der Waals surface area contributed by atoms with Gasteiger partial charge in [0.1, 0.15) is 0 Å². The number of hydrogen-bond acceptors (Lipinski definition) is 4. The number of nitrogens with zero attached hydrogens (tertiary/aromatic N) is 4. The highest BCUT2D eigenvalue weighted by molar-refractivity contribution is 5.80. The van der Waals surface area contributed by atoms with E-state index in [1.807, 2.05) is 10.2 Å². The second-order valence-corrected chi connectivity index (χ2v) is 9.72. The van der Waals surface area contributed by atoms with Crippen LogP contribution in [0.5, 0.6) is 0 Å². The quantitative estimate of drug-likeness (QED) is 0.192. The van der Waals surface area contributed by atoms with Gasteiger partial charge in [0, 0.05) is 12.8 Å². The van der Waals surface area contributed by atoms with Crippen LogP contribution in [0.2, 0.25) is 0 Å². The van der Waals surface area contributed by atoms with Crippen molar-refractivity contribution in [2.24, 2.45) is 0 Å². The SMILES string of the molecule is CCCCCCCCCCCC(=O)N1N2CCN1N2C(=O)CCCCCCCCCCC. The molecule has 0 radical (unpaired) electrons. The van der Waals surface area contributed by atoms with Gasteiger partial charge in [0.25, 0.3) is 11.8 Å². The summed E-state index contributed by atoms with van der Waals surface area (Å²) in [4.78, 5) is 25.2. The highest BCUT2D eigenvalue weighted by Gasteiger charge is 2.54. The van der Waals surface area contributed by atoms with Crippen molar-refractivity contribution in [1.29, 1.82) is 0 Å². The fraction of sp³-hybridized carbons (Fsp3) is 0.923. The summed E-state index contributed by atoms with van der Waals surface area (Å²) in [6.45, 7) is 5.99. The minimum absolute atomic E-state index is 0.137. The molecule has 3 fully saturated rings. The Hall–Kier alpha value is -1.14. The van der Waals surface area contributed by atoms with E-state index in [4.69, 9.17) is 0 Å². The largest absolute Gasteiger partial charge is 0.272 e. The number of carbonyl (C=O) groups is 2.